The smallest absolute Gasteiger partial charge is 0.0538 e. The van der Waals surface area contributed by atoms with E-state index in [1.54, 1.807) is 0 Å². The molecule has 0 aromatic rings. The number of rotatable bonds is 5. The maximum absolute atomic E-state index is 5.86. The van der Waals surface area contributed by atoms with Crippen LogP contribution in [0.25, 0.3) is 0 Å². The minimum Gasteiger partial charge on any atom is -0.378 e. The van der Waals surface area contributed by atoms with E-state index in [4.69, 9.17) is 4.74 Å². The van der Waals surface area contributed by atoms with Gasteiger partial charge in [0.1, 0.15) is 0 Å². The quantitative estimate of drug-likeness (QED) is 0.744. The third-order valence-corrected chi connectivity index (χ3v) is 5.30. The van der Waals surface area contributed by atoms with Gasteiger partial charge in [-0.3, -0.25) is 0 Å². The van der Waals surface area contributed by atoms with Crippen molar-refractivity contribution in [2.75, 3.05) is 26.2 Å². The molecule has 2 unspecified atom stereocenters. The molecule has 0 spiro atoms. The molecule has 1 saturated heterocycles. The summed E-state index contributed by atoms with van der Waals surface area (Å²) in [5.41, 5.74) is 0.536. The molecular formula is C16H29NO. The highest BCUT2D eigenvalue weighted by Crippen LogP contribution is 2.49. The van der Waals surface area contributed by atoms with Gasteiger partial charge in [0.15, 0.2) is 0 Å². The van der Waals surface area contributed by atoms with Gasteiger partial charge >= 0.3 is 0 Å². The molecule has 3 rings (SSSR count). The van der Waals surface area contributed by atoms with Crippen molar-refractivity contribution in [3.8, 4) is 0 Å². The second kappa shape index (κ2) is 4.79. The van der Waals surface area contributed by atoms with E-state index in [2.05, 4.69) is 25.7 Å². The van der Waals surface area contributed by atoms with Crippen LogP contribution in [0.4, 0.5) is 0 Å². The highest BCUT2D eigenvalue weighted by atomic mass is 16.5. The van der Waals surface area contributed by atoms with Gasteiger partial charge in [-0.05, 0) is 57.3 Å². The molecule has 0 aromatic heterocycles. The van der Waals surface area contributed by atoms with Crippen LogP contribution in [0.2, 0.25) is 0 Å². The first-order valence-corrected chi connectivity index (χ1v) is 7.90. The summed E-state index contributed by atoms with van der Waals surface area (Å²) in [6, 6.07) is 0. The Kier molecular flexibility index (Phi) is 3.44. The Hall–Kier alpha value is -0.0800. The van der Waals surface area contributed by atoms with Gasteiger partial charge < -0.3 is 9.64 Å². The summed E-state index contributed by atoms with van der Waals surface area (Å²) in [6.07, 6.45) is 6.14. The molecule has 0 N–H and O–H groups in total. The lowest BCUT2D eigenvalue weighted by Crippen LogP contribution is -2.32. The van der Waals surface area contributed by atoms with Crippen LogP contribution in [0.5, 0.6) is 0 Å². The molecular weight excluding hydrogens is 222 g/mol. The van der Waals surface area contributed by atoms with Crippen molar-refractivity contribution in [3.63, 3.8) is 0 Å². The van der Waals surface area contributed by atoms with Crippen molar-refractivity contribution in [2.24, 2.45) is 23.2 Å². The second-order valence-electron chi connectivity index (χ2n) is 7.65. The van der Waals surface area contributed by atoms with Gasteiger partial charge in [-0.1, -0.05) is 6.92 Å². The zero-order valence-corrected chi connectivity index (χ0v) is 12.3. The molecule has 0 amide bonds. The Morgan fingerprint density at radius 1 is 1.17 bits per heavy atom. The largest absolute Gasteiger partial charge is 0.378 e. The molecule has 0 aromatic carbocycles. The van der Waals surface area contributed by atoms with Crippen LogP contribution in [0.1, 0.15) is 46.5 Å². The zero-order valence-electron chi connectivity index (χ0n) is 12.3. The van der Waals surface area contributed by atoms with Crippen molar-refractivity contribution in [1.82, 2.24) is 4.90 Å². The van der Waals surface area contributed by atoms with E-state index in [-0.39, 0.29) is 0 Å². The van der Waals surface area contributed by atoms with Crippen LogP contribution in [0.15, 0.2) is 0 Å². The second-order valence-corrected chi connectivity index (χ2v) is 7.65. The maximum atomic E-state index is 5.86. The molecule has 2 aliphatic carbocycles. The van der Waals surface area contributed by atoms with Gasteiger partial charge in [0.2, 0.25) is 0 Å². The van der Waals surface area contributed by atoms with Crippen molar-refractivity contribution in [1.29, 1.82) is 0 Å². The first-order valence-electron chi connectivity index (χ1n) is 7.90. The predicted octanol–water partition coefficient (Wildman–Crippen LogP) is 3.17. The maximum Gasteiger partial charge on any atom is 0.0538 e. The average molecular weight is 251 g/mol. The first kappa shape index (κ1) is 12.9. The monoisotopic (exact) mass is 251 g/mol. The van der Waals surface area contributed by atoms with Crippen LogP contribution in [-0.4, -0.2) is 37.2 Å². The SMILES string of the molecule is CC1CC2CN(CC3(COC(C)C)CC3)CC2C1. The van der Waals surface area contributed by atoms with E-state index in [0.717, 1.165) is 24.4 Å². The minimum absolute atomic E-state index is 0.390. The minimum atomic E-state index is 0.390. The van der Waals surface area contributed by atoms with E-state index in [1.165, 1.54) is 45.3 Å². The molecule has 2 heteroatoms. The molecule has 2 atom stereocenters. The van der Waals surface area contributed by atoms with E-state index in [9.17, 15) is 0 Å². The van der Waals surface area contributed by atoms with Gasteiger partial charge in [-0.2, -0.15) is 0 Å². The Morgan fingerprint density at radius 2 is 1.78 bits per heavy atom. The highest BCUT2D eigenvalue weighted by molar-refractivity contribution is 4.99. The van der Waals surface area contributed by atoms with Crippen LogP contribution in [0.3, 0.4) is 0 Å². The molecule has 2 saturated carbocycles. The number of hydrogen-bond acceptors (Lipinski definition) is 2. The molecule has 1 heterocycles. The van der Waals surface area contributed by atoms with Crippen molar-refractivity contribution in [3.05, 3.63) is 0 Å². The third kappa shape index (κ3) is 2.75. The van der Waals surface area contributed by atoms with Crippen LogP contribution < -0.4 is 0 Å². The first-order chi connectivity index (χ1) is 8.56. The van der Waals surface area contributed by atoms with Crippen LogP contribution >= 0.6 is 0 Å². The fraction of sp³-hybridized carbons (Fsp3) is 1.00. The number of likely N-dealkylation sites (tertiary alicyclic amines) is 1. The normalized spacial score (nSPS) is 38.3. The average Bonchev–Trinajstić information content (AvgIpc) is 2.82. The molecule has 3 aliphatic rings. The molecule has 0 bridgehead atoms. The predicted molar refractivity (Wildman–Crippen MR) is 74.6 cm³/mol. The molecule has 1 aliphatic heterocycles. The van der Waals surface area contributed by atoms with Gasteiger partial charge in [0, 0.05) is 25.0 Å². The lowest BCUT2D eigenvalue weighted by atomic mass is 10.0. The summed E-state index contributed by atoms with van der Waals surface area (Å²) < 4.78 is 5.86. The van der Waals surface area contributed by atoms with Crippen molar-refractivity contribution in [2.45, 2.75) is 52.6 Å². The van der Waals surface area contributed by atoms with E-state index >= 15 is 0 Å². The lowest BCUT2D eigenvalue weighted by molar-refractivity contribution is 0.0326. The topological polar surface area (TPSA) is 12.5 Å². The standard InChI is InChI=1S/C16H29NO/c1-12(2)18-11-16(4-5-16)10-17-8-14-6-13(3)7-15(14)9-17/h12-15H,4-11H2,1-3H3. The summed E-state index contributed by atoms with van der Waals surface area (Å²) in [7, 11) is 0. The molecule has 104 valence electrons. The van der Waals surface area contributed by atoms with E-state index < -0.39 is 0 Å². The lowest BCUT2D eigenvalue weighted by Gasteiger charge is -2.25. The zero-order chi connectivity index (χ0) is 12.8. The Morgan fingerprint density at radius 3 is 2.28 bits per heavy atom. The summed E-state index contributed by atoms with van der Waals surface area (Å²) in [5.74, 6) is 3.02. The summed E-state index contributed by atoms with van der Waals surface area (Å²) in [4.78, 5) is 2.75. The summed E-state index contributed by atoms with van der Waals surface area (Å²) in [6.45, 7) is 11.8. The van der Waals surface area contributed by atoms with E-state index in [1.807, 2.05) is 0 Å². The van der Waals surface area contributed by atoms with Crippen LogP contribution in [0, 0.1) is 23.2 Å². The summed E-state index contributed by atoms with van der Waals surface area (Å²) >= 11 is 0. The number of ether oxygens (including phenoxy) is 1. The fourth-order valence-corrected chi connectivity index (χ4v) is 4.17. The summed E-state index contributed by atoms with van der Waals surface area (Å²) in [5, 5.41) is 0. The molecule has 2 nitrogen and oxygen atoms in total. The Bertz CT molecular complexity index is 283. The molecule has 3 fully saturated rings. The van der Waals surface area contributed by atoms with Gasteiger partial charge in [0.25, 0.3) is 0 Å². The van der Waals surface area contributed by atoms with Crippen molar-refractivity contribution < 1.29 is 4.74 Å². The molecule has 0 radical (unpaired) electrons. The fourth-order valence-electron chi connectivity index (χ4n) is 4.17. The Labute approximate surface area is 112 Å². The number of nitrogens with zero attached hydrogens (tertiary/aromatic N) is 1. The van der Waals surface area contributed by atoms with Crippen LogP contribution in [-0.2, 0) is 4.74 Å². The van der Waals surface area contributed by atoms with Gasteiger partial charge in [0.05, 0.1) is 12.7 Å². The highest BCUT2D eigenvalue weighted by Gasteiger charge is 2.47. The van der Waals surface area contributed by atoms with Crippen molar-refractivity contribution >= 4 is 0 Å². The van der Waals surface area contributed by atoms with Gasteiger partial charge in [-0.15, -0.1) is 0 Å². The molecule has 18 heavy (non-hydrogen) atoms. The third-order valence-electron chi connectivity index (χ3n) is 5.30. The van der Waals surface area contributed by atoms with E-state index in [0.29, 0.717) is 11.5 Å². The number of fused-ring (bicyclic) bond motifs is 1. The Balaban J connectivity index is 1.47. The number of hydrogen-bond donors (Lipinski definition) is 0. The van der Waals surface area contributed by atoms with Gasteiger partial charge in [-0.25, -0.2) is 0 Å².